The Morgan fingerprint density at radius 1 is 1.36 bits per heavy atom. The Balaban J connectivity index is 1.87. The summed E-state index contributed by atoms with van der Waals surface area (Å²) in [5, 5.41) is 1.91. The largest absolute Gasteiger partial charge is 0.444 e. The van der Waals surface area contributed by atoms with Crippen LogP contribution in [0.25, 0.3) is 0 Å². The van der Waals surface area contributed by atoms with Gasteiger partial charge in [0.1, 0.15) is 5.60 Å². The zero-order valence-corrected chi connectivity index (χ0v) is 14.5. The number of amides is 1. The molecule has 2 heterocycles. The lowest BCUT2D eigenvalue weighted by atomic mass is 10.1. The lowest BCUT2D eigenvalue weighted by molar-refractivity contribution is 0.00660. The van der Waals surface area contributed by atoms with Crippen LogP contribution < -0.4 is 0 Å². The van der Waals surface area contributed by atoms with Gasteiger partial charge < -0.3 is 9.64 Å². The minimum absolute atomic E-state index is 0.144. The molecule has 0 aromatic carbocycles. The van der Waals surface area contributed by atoms with E-state index >= 15 is 0 Å². The minimum Gasteiger partial charge on any atom is -0.444 e. The number of piperazine rings is 1. The van der Waals surface area contributed by atoms with Gasteiger partial charge >= 0.3 is 6.09 Å². The van der Waals surface area contributed by atoms with Gasteiger partial charge in [0.05, 0.1) is 11.4 Å². The molecule has 1 fully saturated rings. The van der Waals surface area contributed by atoms with Crippen molar-refractivity contribution in [1.82, 2.24) is 9.80 Å². The molecule has 1 saturated heterocycles. The predicted molar refractivity (Wildman–Crippen MR) is 87.5 cm³/mol. The molecule has 0 saturated carbocycles. The van der Waals surface area contributed by atoms with Crippen LogP contribution in [0, 0.1) is 0 Å². The van der Waals surface area contributed by atoms with Crippen LogP contribution in [0.3, 0.4) is 0 Å². The number of hydrogen-bond acceptors (Lipinski definition) is 5. The van der Waals surface area contributed by atoms with Crippen LogP contribution in [-0.4, -0.2) is 59.5 Å². The van der Waals surface area contributed by atoms with E-state index in [4.69, 9.17) is 4.74 Å². The summed E-state index contributed by atoms with van der Waals surface area (Å²) in [4.78, 5) is 28.9. The normalized spacial score (nSPS) is 20.0. The van der Waals surface area contributed by atoms with E-state index in [1.54, 1.807) is 4.90 Å². The van der Waals surface area contributed by atoms with Crippen LogP contribution in [0.5, 0.6) is 0 Å². The first-order valence-electron chi connectivity index (χ1n) is 7.55. The number of carbonyl (C=O) groups is 2. The first kappa shape index (κ1) is 17.0. The Morgan fingerprint density at radius 3 is 2.64 bits per heavy atom. The Bertz CT molecular complexity index is 522. The molecule has 1 aliphatic rings. The first-order chi connectivity index (χ1) is 10.3. The smallest absolute Gasteiger partial charge is 0.410 e. The average molecular weight is 324 g/mol. The van der Waals surface area contributed by atoms with Gasteiger partial charge in [0, 0.05) is 25.7 Å². The molecule has 1 aliphatic heterocycles. The molecule has 6 heteroatoms. The number of hydrogen-bond donors (Lipinski definition) is 0. The van der Waals surface area contributed by atoms with E-state index < -0.39 is 5.60 Å². The van der Waals surface area contributed by atoms with E-state index in [0.29, 0.717) is 26.2 Å². The number of ketones is 1. The second kappa shape index (κ2) is 6.79. The summed E-state index contributed by atoms with van der Waals surface area (Å²) in [7, 11) is 0. The summed E-state index contributed by atoms with van der Waals surface area (Å²) >= 11 is 1.47. The van der Waals surface area contributed by atoms with Crippen molar-refractivity contribution in [3.8, 4) is 0 Å². The van der Waals surface area contributed by atoms with Gasteiger partial charge in [-0.05, 0) is 39.1 Å². The van der Waals surface area contributed by atoms with E-state index in [9.17, 15) is 9.59 Å². The number of ether oxygens (including phenoxy) is 1. The van der Waals surface area contributed by atoms with Crippen LogP contribution in [-0.2, 0) is 4.74 Å². The fourth-order valence-electron chi connectivity index (χ4n) is 2.42. The summed E-state index contributed by atoms with van der Waals surface area (Å²) in [6.07, 6.45) is -0.274. The zero-order chi connectivity index (χ0) is 16.3. The van der Waals surface area contributed by atoms with Gasteiger partial charge in [-0.25, -0.2) is 4.79 Å². The summed E-state index contributed by atoms with van der Waals surface area (Å²) in [5.74, 6) is 0.146. The van der Waals surface area contributed by atoms with Crippen molar-refractivity contribution >= 4 is 23.2 Å². The van der Waals surface area contributed by atoms with Crippen molar-refractivity contribution < 1.29 is 14.3 Å². The lowest BCUT2D eigenvalue weighted by Crippen LogP contribution is -2.55. The van der Waals surface area contributed by atoms with Gasteiger partial charge in [0.25, 0.3) is 0 Å². The SMILES string of the molecule is C[C@@H]1CN(C(=O)OC(C)(C)C)CCN1CC(=O)c1cccs1. The van der Waals surface area contributed by atoms with Crippen LogP contribution in [0.4, 0.5) is 4.79 Å². The van der Waals surface area contributed by atoms with Gasteiger partial charge in [-0.3, -0.25) is 9.69 Å². The fourth-order valence-corrected chi connectivity index (χ4v) is 3.08. The highest BCUT2D eigenvalue weighted by Gasteiger charge is 2.30. The molecule has 0 spiro atoms. The summed E-state index contributed by atoms with van der Waals surface area (Å²) < 4.78 is 5.40. The number of rotatable bonds is 3. The molecule has 0 N–H and O–H groups in total. The maximum atomic E-state index is 12.2. The molecule has 1 atom stereocenters. The van der Waals surface area contributed by atoms with Crippen LogP contribution in [0.1, 0.15) is 37.4 Å². The third-order valence-corrected chi connectivity index (χ3v) is 4.47. The molecule has 0 bridgehead atoms. The average Bonchev–Trinajstić information content (AvgIpc) is 2.93. The highest BCUT2D eigenvalue weighted by molar-refractivity contribution is 7.12. The van der Waals surface area contributed by atoms with Crippen LogP contribution in [0.15, 0.2) is 17.5 Å². The Hall–Kier alpha value is -1.40. The lowest BCUT2D eigenvalue weighted by Gasteiger charge is -2.39. The monoisotopic (exact) mass is 324 g/mol. The Morgan fingerprint density at radius 2 is 2.09 bits per heavy atom. The predicted octanol–water partition coefficient (Wildman–Crippen LogP) is 2.87. The van der Waals surface area contributed by atoms with Crippen molar-refractivity contribution in [1.29, 1.82) is 0 Å². The molecule has 5 nitrogen and oxygen atoms in total. The zero-order valence-electron chi connectivity index (χ0n) is 13.7. The van der Waals surface area contributed by atoms with Crippen molar-refractivity contribution in [3.05, 3.63) is 22.4 Å². The van der Waals surface area contributed by atoms with E-state index in [0.717, 1.165) is 4.88 Å². The van der Waals surface area contributed by atoms with E-state index in [1.807, 2.05) is 45.2 Å². The molecule has 2 rings (SSSR count). The Labute approximate surface area is 135 Å². The highest BCUT2D eigenvalue weighted by atomic mass is 32.1. The van der Waals surface area contributed by atoms with Crippen LogP contribution >= 0.6 is 11.3 Å². The summed E-state index contributed by atoms with van der Waals surface area (Å²) in [5.41, 5.74) is -0.480. The molecule has 1 aromatic rings. The number of thiophene rings is 1. The number of Topliss-reactive ketones (excluding diaryl/α,β-unsaturated/α-hetero) is 1. The summed E-state index contributed by atoms with van der Waals surface area (Å²) in [6, 6.07) is 3.89. The van der Waals surface area contributed by atoms with Gasteiger partial charge in [-0.15, -0.1) is 11.3 Å². The second-order valence-corrected chi connectivity index (χ2v) is 7.59. The van der Waals surface area contributed by atoms with E-state index in [2.05, 4.69) is 4.90 Å². The third-order valence-electron chi connectivity index (χ3n) is 3.56. The highest BCUT2D eigenvalue weighted by Crippen LogP contribution is 2.16. The molecule has 22 heavy (non-hydrogen) atoms. The topological polar surface area (TPSA) is 49.9 Å². The summed E-state index contributed by atoms with van der Waals surface area (Å²) in [6.45, 7) is 9.92. The third kappa shape index (κ3) is 4.55. The van der Waals surface area contributed by atoms with E-state index in [1.165, 1.54) is 11.3 Å². The molecule has 0 unspecified atom stereocenters. The standard InChI is InChI=1S/C16H24N2O3S/c1-12-10-18(15(20)21-16(2,3)4)8-7-17(12)11-13(19)14-6-5-9-22-14/h5-6,9,12H,7-8,10-11H2,1-4H3/t12-/m1/s1. The molecule has 1 aromatic heterocycles. The fraction of sp³-hybridized carbons (Fsp3) is 0.625. The number of nitrogens with zero attached hydrogens (tertiary/aromatic N) is 2. The Kier molecular flexibility index (Phi) is 5.24. The molecule has 122 valence electrons. The van der Waals surface area contributed by atoms with Gasteiger partial charge in [-0.2, -0.15) is 0 Å². The molecular weight excluding hydrogens is 300 g/mol. The van der Waals surface area contributed by atoms with E-state index in [-0.39, 0.29) is 17.9 Å². The quantitative estimate of drug-likeness (QED) is 0.802. The first-order valence-corrected chi connectivity index (χ1v) is 8.43. The van der Waals surface area contributed by atoms with Crippen molar-refractivity contribution in [2.45, 2.75) is 39.3 Å². The van der Waals surface area contributed by atoms with Crippen molar-refractivity contribution in [3.63, 3.8) is 0 Å². The molecule has 0 aliphatic carbocycles. The molecule has 0 radical (unpaired) electrons. The van der Waals surface area contributed by atoms with Crippen molar-refractivity contribution in [2.75, 3.05) is 26.2 Å². The number of carbonyl (C=O) groups excluding carboxylic acids is 2. The second-order valence-electron chi connectivity index (χ2n) is 6.65. The van der Waals surface area contributed by atoms with Crippen molar-refractivity contribution in [2.24, 2.45) is 0 Å². The maximum absolute atomic E-state index is 12.2. The maximum Gasteiger partial charge on any atom is 0.410 e. The van der Waals surface area contributed by atoms with Gasteiger partial charge in [0.2, 0.25) is 0 Å². The van der Waals surface area contributed by atoms with Crippen LogP contribution in [0.2, 0.25) is 0 Å². The molecular formula is C16H24N2O3S. The molecule has 1 amide bonds. The minimum atomic E-state index is -0.480. The van der Waals surface area contributed by atoms with Gasteiger partial charge in [0.15, 0.2) is 5.78 Å². The van der Waals surface area contributed by atoms with Gasteiger partial charge in [-0.1, -0.05) is 6.07 Å².